The highest BCUT2D eigenvalue weighted by Crippen LogP contribution is 2.33. The third-order valence-electron chi connectivity index (χ3n) is 5.69. The number of aromatic amines is 1. The van der Waals surface area contributed by atoms with Crippen LogP contribution < -0.4 is 10.5 Å². The fraction of sp³-hybridized carbons (Fsp3) is 0.360. The summed E-state index contributed by atoms with van der Waals surface area (Å²) in [6, 6.07) is 8.28. The fourth-order valence-corrected chi connectivity index (χ4v) is 4.09. The SMILES string of the molecule is CC(C)CN1C(=O)Cc2cc(-c3cc(C4=CN(C(C)C)CC=C4)c[nH]c3=O)ccc21. The zero-order chi connectivity index (χ0) is 21.4. The van der Waals surface area contributed by atoms with Crippen molar-refractivity contribution >= 4 is 17.2 Å². The first kappa shape index (κ1) is 20.2. The molecule has 1 amide bonds. The third kappa shape index (κ3) is 3.84. The summed E-state index contributed by atoms with van der Waals surface area (Å²) in [5, 5.41) is 0. The second-order valence-electron chi connectivity index (χ2n) is 8.83. The highest BCUT2D eigenvalue weighted by molar-refractivity contribution is 6.02. The minimum absolute atomic E-state index is 0.122. The van der Waals surface area contributed by atoms with E-state index >= 15 is 0 Å². The van der Waals surface area contributed by atoms with Crippen molar-refractivity contribution in [3.63, 3.8) is 0 Å². The van der Waals surface area contributed by atoms with Crippen LogP contribution in [-0.4, -0.2) is 34.9 Å². The molecule has 4 rings (SSSR count). The maximum Gasteiger partial charge on any atom is 0.255 e. The van der Waals surface area contributed by atoms with Crippen molar-refractivity contribution in [3.8, 4) is 11.1 Å². The first-order valence-corrected chi connectivity index (χ1v) is 10.6. The molecule has 5 heteroatoms. The van der Waals surface area contributed by atoms with Gasteiger partial charge in [-0.05, 0) is 54.7 Å². The van der Waals surface area contributed by atoms with Crippen LogP contribution in [0.4, 0.5) is 5.69 Å². The summed E-state index contributed by atoms with van der Waals surface area (Å²) >= 11 is 0. The Hall–Kier alpha value is -3.08. The van der Waals surface area contributed by atoms with Crippen molar-refractivity contribution in [3.05, 3.63) is 70.3 Å². The standard InChI is InChI=1S/C25H29N3O2/c1-16(2)14-28-23-8-7-18(10-20(23)12-24(28)29)22-11-21(13-26-25(22)30)19-6-5-9-27(15-19)17(3)4/h5-8,10-11,13,15-17H,9,12,14H2,1-4H3,(H,26,30). The number of carbonyl (C=O) groups excluding carboxylic acids is 1. The molecule has 2 aliphatic rings. The van der Waals surface area contributed by atoms with Gasteiger partial charge in [0.2, 0.25) is 5.91 Å². The molecule has 0 bridgehead atoms. The normalized spacial score (nSPS) is 15.9. The van der Waals surface area contributed by atoms with Gasteiger partial charge in [-0.2, -0.15) is 0 Å². The number of amides is 1. The quantitative estimate of drug-likeness (QED) is 0.814. The minimum Gasteiger partial charge on any atom is -0.371 e. The average Bonchev–Trinajstić information content (AvgIpc) is 3.02. The Balaban J connectivity index is 1.70. The van der Waals surface area contributed by atoms with Crippen molar-refractivity contribution in [2.24, 2.45) is 5.92 Å². The van der Waals surface area contributed by atoms with E-state index < -0.39 is 0 Å². The Morgan fingerprint density at radius 3 is 2.60 bits per heavy atom. The number of carbonyl (C=O) groups is 1. The van der Waals surface area contributed by atoms with Gasteiger partial charge in [0.05, 0.1) is 6.42 Å². The molecule has 156 valence electrons. The number of anilines is 1. The molecular formula is C25H29N3O2. The molecule has 1 N–H and O–H groups in total. The highest BCUT2D eigenvalue weighted by Gasteiger charge is 2.28. The Morgan fingerprint density at radius 2 is 1.87 bits per heavy atom. The molecule has 3 heterocycles. The van der Waals surface area contributed by atoms with E-state index in [1.54, 1.807) is 6.20 Å². The molecule has 0 saturated heterocycles. The lowest BCUT2D eigenvalue weighted by molar-refractivity contribution is -0.117. The number of aromatic nitrogens is 1. The number of benzene rings is 1. The van der Waals surface area contributed by atoms with Crippen LogP contribution in [-0.2, 0) is 11.2 Å². The van der Waals surface area contributed by atoms with Gasteiger partial charge in [-0.1, -0.05) is 32.1 Å². The summed E-state index contributed by atoms with van der Waals surface area (Å²) in [7, 11) is 0. The van der Waals surface area contributed by atoms with Crippen molar-refractivity contribution in [1.82, 2.24) is 9.88 Å². The van der Waals surface area contributed by atoms with Crippen LogP contribution in [0.2, 0.25) is 0 Å². The zero-order valence-electron chi connectivity index (χ0n) is 18.1. The number of rotatable bonds is 5. The van der Waals surface area contributed by atoms with E-state index in [1.807, 2.05) is 29.2 Å². The summed E-state index contributed by atoms with van der Waals surface area (Å²) in [6.07, 6.45) is 8.55. The van der Waals surface area contributed by atoms with Crippen molar-refractivity contribution in [1.29, 1.82) is 0 Å². The molecule has 0 unspecified atom stereocenters. The first-order valence-electron chi connectivity index (χ1n) is 10.6. The Bertz CT molecular complexity index is 1090. The highest BCUT2D eigenvalue weighted by atomic mass is 16.2. The number of pyridine rings is 1. The molecular weight excluding hydrogens is 374 g/mol. The van der Waals surface area contributed by atoms with Crippen LogP contribution in [0.1, 0.15) is 38.8 Å². The maximum atomic E-state index is 12.6. The second kappa shape index (κ2) is 7.98. The van der Waals surface area contributed by atoms with Gasteiger partial charge in [-0.25, -0.2) is 0 Å². The third-order valence-corrected chi connectivity index (χ3v) is 5.69. The zero-order valence-corrected chi connectivity index (χ0v) is 18.1. The predicted octanol–water partition coefficient (Wildman–Crippen LogP) is 4.21. The van der Waals surface area contributed by atoms with Crippen molar-refractivity contribution in [2.45, 2.75) is 40.2 Å². The van der Waals surface area contributed by atoms with Crippen LogP contribution in [0.5, 0.6) is 0 Å². The molecule has 2 aromatic rings. The summed E-state index contributed by atoms with van der Waals surface area (Å²) in [5.74, 6) is 0.533. The maximum absolute atomic E-state index is 12.6. The van der Waals surface area contributed by atoms with Crippen molar-refractivity contribution < 1.29 is 4.79 Å². The number of fused-ring (bicyclic) bond motifs is 1. The van der Waals surface area contributed by atoms with Crippen molar-refractivity contribution in [2.75, 3.05) is 18.0 Å². The number of allylic oxidation sites excluding steroid dienone is 2. The van der Waals surface area contributed by atoms with Crippen LogP contribution in [0.3, 0.4) is 0 Å². The Labute approximate surface area is 177 Å². The number of nitrogens with zero attached hydrogens (tertiary/aromatic N) is 2. The average molecular weight is 404 g/mol. The van der Waals surface area contributed by atoms with E-state index in [0.29, 0.717) is 30.5 Å². The largest absolute Gasteiger partial charge is 0.371 e. The van der Waals surface area contributed by atoms with E-state index in [0.717, 1.165) is 34.5 Å². The molecule has 0 atom stereocenters. The first-order chi connectivity index (χ1) is 14.3. The van der Waals surface area contributed by atoms with Gasteiger partial charge >= 0.3 is 0 Å². The van der Waals surface area contributed by atoms with Crippen LogP contribution in [0.25, 0.3) is 16.7 Å². The lowest BCUT2D eigenvalue weighted by Crippen LogP contribution is -2.30. The predicted molar refractivity (Wildman–Crippen MR) is 122 cm³/mol. The lowest BCUT2D eigenvalue weighted by atomic mass is 9.98. The topological polar surface area (TPSA) is 56.4 Å². The van der Waals surface area contributed by atoms with Gasteiger partial charge in [-0.15, -0.1) is 0 Å². The van der Waals surface area contributed by atoms with Gasteiger partial charge in [-0.3, -0.25) is 9.59 Å². The summed E-state index contributed by atoms with van der Waals surface area (Å²) in [6.45, 7) is 10.2. The molecule has 0 radical (unpaired) electrons. The fourth-order valence-electron chi connectivity index (χ4n) is 4.09. The van der Waals surface area contributed by atoms with Gasteiger partial charge in [0.25, 0.3) is 5.56 Å². The summed E-state index contributed by atoms with van der Waals surface area (Å²) in [5.41, 5.74) is 5.36. The van der Waals surface area contributed by atoms with Crippen LogP contribution in [0, 0.1) is 5.92 Å². The van der Waals surface area contributed by atoms with Gasteiger partial charge in [0.15, 0.2) is 0 Å². The monoisotopic (exact) mass is 403 g/mol. The van der Waals surface area contributed by atoms with E-state index in [-0.39, 0.29) is 11.5 Å². The molecule has 0 fully saturated rings. The summed E-state index contributed by atoms with van der Waals surface area (Å²) in [4.78, 5) is 32.1. The van der Waals surface area contributed by atoms with Gasteiger partial charge in [0.1, 0.15) is 0 Å². The molecule has 0 saturated carbocycles. The van der Waals surface area contributed by atoms with Crippen LogP contribution >= 0.6 is 0 Å². The molecule has 1 aromatic heterocycles. The van der Waals surface area contributed by atoms with E-state index in [4.69, 9.17) is 0 Å². The molecule has 30 heavy (non-hydrogen) atoms. The Kier molecular flexibility index (Phi) is 5.37. The van der Waals surface area contributed by atoms with Gasteiger partial charge in [0, 0.05) is 48.3 Å². The molecule has 0 spiro atoms. The smallest absolute Gasteiger partial charge is 0.255 e. The molecule has 2 aliphatic heterocycles. The number of hydrogen-bond donors (Lipinski definition) is 1. The summed E-state index contributed by atoms with van der Waals surface area (Å²) < 4.78 is 0. The van der Waals surface area contributed by atoms with E-state index in [1.165, 1.54) is 0 Å². The lowest BCUT2D eigenvalue weighted by Gasteiger charge is -2.27. The minimum atomic E-state index is -0.122. The molecule has 5 nitrogen and oxygen atoms in total. The Morgan fingerprint density at radius 1 is 1.07 bits per heavy atom. The number of H-pyrrole nitrogens is 1. The van der Waals surface area contributed by atoms with E-state index in [9.17, 15) is 9.59 Å². The number of hydrogen-bond acceptors (Lipinski definition) is 3. The van der Waals surface area contributed by atoms with Crippen LogP contribution in [0.15, 0.2) is 53.6 Å². The van der Waals surface area contributed by atoms with Gasteiger partial charge < -0.3 is 14.8 Å². The second-order valence-corrected chi connectivity index (χ2v) is 8.83. The number of nitrogens with one attached hydrogen (secondary N) is 1. The molecule has 1 aromatic carbocycles. The van der Waals surface area contributed by atoms with E-state index in [2.05, 4.69) is 55.9 Å². The molecule has 0 aliphatic carbocycles.